The first-order valence-corrected chi connectivity index (χ1v) is 8.82. The molecule has 1 fully saturated rings. The Balaban J connectivity index is 0.00000288. The van der Waals surface area contributed by atoms with Gasteiger partial charge in [-0.2, -0.15) is 0 Å². The largest absolute Gasteiger partial charge is 0.377 e. The Morgan fingerprint density at radius 2 is 1.88 bits per heavy atom. The van der Waals surface area contributed by atoms with Crippen molar-refractivity contribution >= 4 is 18.3 Å². The molecular weight excluding hydrogens is 324 g/mol. The van der Waals surface area contributed by atoms with Crippen molar-refractivity contribution < 1.29 is 9.53 Å². The molecule has 1 unspecified atom stereocenters. The quantitative estimate of drug-likeness (QED) is 0.753. The molecule has 136 valence electrons. The third-order valence-corrected chi connectivity index (χ3v) is 4.68. The van der Waals surface area contributed by atoms with Gasteiger partial charge in [0.25, 0.3) is 0 Å². The van der Waals surface area contributed by atoms with Gasteiger partial charge in [0.15, 0.2) is 0 Å². The molecule has 2 N–H and O–H groups in total. The van der Waals surface area contributed by atoms with E-state index >= 15 is 0 Å². The number of nitrogens with one attached hydrogen (secondary N) is 2. The number of hydrogen-bond donors (Lipinski definition) is 2. The summed E-state index contributed by atoms with van der Waals surface area (Å²) in [5, 5.41) is 6.42. The molecule has 1 atom stereocenters. The second-order valence-electron chi connectivity index (χ2n) is 6.50. The van der Waals surface area contributed by atoms with Crippen LogP contribution in [-0.2, 0) is 22.7 Å². The third kappa shape index (κ3) is 7.20. The Kier molecular flexibility index (Phi) is 9.99. The van der Waals surface area contributed by atoms with E-state index in [1.165, 1.54) is 18.4 Å². The van der Waals surface area contributed by atoms with Gasteiger partial charge in [-0.25, -0.2) is 0 Å². The summed E-state index contributed by atoms with van der Waals surface area (Å²) < 4.78 is 5.38. The Hall–Kier alpha value is -1.10. The van der Waals surface area contributed by atoms with Gasteiger partial charge in [0, 0.05) is 19.6 Å². The van der Waals surface area contributed by atoms with Gasteiger partial charge in [-0.15, -0.1) is 12.4 Å². The molecule has 1 heterocycles. The minimum atomic E-state index is 0. The maximum Gasteiger partial charge on any atom is 0.220 e. The highest BCUT2D eigenvalue weighted by Crippen LogP contribution is 2.24. The van der Waals surface area contributed by atoms with Crippen LogP contribution < -0.4 is 10.6 Å². The Labute approximate surface area is 152 Å². The van der Waals surface area contributed by atoms with Crippen LogP contribution in [0.2, 0.25) is 0 Å². The van der Waals surface area contributed by atoms with Gasteiger partial charge >= 0.3 is 0 Å². The van der Waals surface area contributed by atoms with Gasteiger partial charge in [-0.3, -0.25) is 4.79 Å². The van der Waals surface area contributed by atoms with Crippen LogP contribution in [0.1, 0.15) is 44.2 Å². The number of benzene rings is 1. The first-order chi connectivity index (χ1) is 11.2. The van der Waals surface area contributed by atoms with Crippen LogP contribution in [0.5, 0.6) is 0 Å². The van der Waals surface area contributed by atoms with Crippen molar-refractivity contribution in [3.63, 3.8) is 0 Å². The summed E-state index contributed by atoms with van der Waals surface area (Å²) in [4.78, 5) is 12.1. The zero-order valence-corrected chi connectivity index (χ0v) is 15.7. The maximum atomic E-state index is 12.1. The molecule has 1 aliphatic heterocycles. The minimum Gasteiger partial charge on any atom is -0.377 e. The molecule has 0 aliphatic carbocycles. The van der Waals surface area contributed by atoms with Crippen molar-refractivity contribution in [2.45, 2.75) is 46.3 Å². The third-order valence-electron chi connectivity index (χ3n) is 4.68. The molecule has 5 heteroatoms. The predicted molar refractivity (Wildman–Crippen MR) is 100 cm³/mol. The van der Waals surface area contributed by atoms with Crippen molar-refractivity contribution in [3.05, 3.63) is 35.4 Å². The number of carbonyl (C=O) groups is 1. The first-order valence-electron chi connectivity index (χ1n) is 8.82. The highest BCUT2D eigenvalue weighted by molar-refractivity contribution is 5.85. The van der Waals surface area contributed by atoms with Crippen molar-refractivity contribution in [2.24, 2.45) is 11.8 Å². The lowest BCUT2D eigenvalue weighted by molar-refractivity contribution is -0.122. The Morgan fingerprint density at radius 3 is 2.50 bits per heavy atom. The molecule has 0 aromatic heterocycles. The number of piperidine rings is 1. The standard InChI is InChI=1S/C19H30N2O2.ClH/c1-3-23-14-17-6-4-16(5-7-17)13-21-19(22)12-15(2)18-8-10-20-11-9-18;/h4-7,15,18,20H,3,8-14H2,1-2H3,(H,21,22);1H. The van der Waals surface area contributed by atoms with Gasteiger partial charge in [-0.05, 0) is 55.8 Å². The lowest BCUT2D eigenvalue weighted by Gasteiger charge is -2.27. The molecule has 2 rings (SSSR count). The van der Waals surface area contributed by atoms with Crippen molar-refractivity contribution in [3.8, 4) is 0 Å². The number of amides is 1. The van der Waals surface area contributed by atoms with E-state index in [0.29, 0.717) is 31.4 Å². The summed E-state index contributed by atoms with van der Waals surface area (Å²) in [6.07, 6.45) is 3.01. The van der Waals surface area contributed by atoms with Gasteiger partial charge in [0.05, 0.1) is 6.61 Å². The molecule has 0 spiro atoms. The molecule has 4 nitrogen and oxygen atoms in total. The fraction of sp³-hybridized carbons (Fsp3) is 0.632. The summed E-state index contributed by atoms with van der Waals surface area (Å²) in [5.41, 5.74) is 2.30. The van der Waals surface area contributed by atoms with Gasteiger partial charge < -0.3 is 15.4 Å². The van der Waals surface area contributed by atoms with E-state index in [1.807, 2.05) is 6.92 Å². The van der Waals surface area contributed by atoms with E-state index in [-0.39, 0.29) is 18.3 Å². The van der Waals surface area contributed by atoms with Crippen LogP contribution in [-0.4, -0.2) is 25.6 Å². The van der Waals surface area contributed by atoms with E-state index < -0.39 is 0 Å². The lowest BCUT2D eigenvalue weighted by Crippen LogP contribution is -2.33. The maximum absolute atomic E-state index is 12.1. The second kappa shape index (κ2) is 11.5. The van der Waals surface area contributed by atoms with Crippen LogP contribution in [0.4, 0.5) is 0 Å². The summed E-state index contributed by atoms with van der Waals surface area (Å²) in [6.45, 7) is 8.36. The molecule has 1 amide bonds. The monoisotopic (exact) mass is 354 g/mol. The topological polar surface area (TPSA) is 50.4 Å². The number of hydrogen-bond acceptors (Lipinski definition) is 3. The van der Waals surface area contributed by atoms with E-state index in [4.69, 9.17) is 4.74 Å². The summed E-state index contributed by atoms with van der Waals surface area (Å²) in [6, 6.07) is 8.25. The summed E-state index contributed by atoms with van der Waals surface area (Å²) in [5.74, 6) is 1.31. The van der Waals surface area contributed by atoms with Crippen LogP contribution >= 0.6 is 12.4 Å². The highest BCUT2D eigenvalue weighted by atomic mass is 35.5. The Morgan fingerprint density at radius 1 is 1.25 bits per heavy atom. The number of rotatable bonds is 8. The highest BCUT2D eigenvalue weighted by Gasteiger charge is 2.21. The molecular formula is C19H31ClN2O2. The van der Waals surface area contributed by atoms with Crippen molar-refractivity contribution in [1.82, 2.24) is 10.6 Å². The average molecular weight is 355 g/mol. The minimum absolute atomic E-state index is 0. The SMILES string of the molecule is CCOCc1ccc(CNC(=O)CC(C)C2CCNCC2)cc1.Cl. The number of carbonyl (C=O) groups excluding carboxylic acids is 1. The molecule has 1 aromatic rings. The average Bonchev–Trinajstić information content (AvgIpc) is 2.59. The Bertz CT molecular complexity index is 473. The zero-order valence-electron chi connectivity index (χ0n) is 14.8. The fourth-order valence-corrected chi connectivity index (χ4v) is 3.12. The van der Waals surface area contributed by atoms with E-state index in [1.54, 1.807) is 0 Å². The van der Waals surface area contributed by atoms with Gasteiger partial charge in [-0.1, -0.05) is 31.2 Å². The zero-order chi connectivity index (χ0) is 16.5. The molecule has 1 aliphatic rings. The molecule has 24 heavy (non-hydrogen) atoms. The lowest BCUT2D eigenvalue weighted by atomic mass is 9.84. The number of halogens is 1. The second-order valence-corrected chi connectivity index (χ2v) is 6.50. The van der Waals surface area contributed by atoms with E-state index in [9.17, 15) is 4.79 Å². The molecule has 0 bridgehead atoms. The summed E-state index contributed by atoms with van der Waals surface area (Å²) in [7, 11) is 0. The molecule has 0 saturated carbocycles. The predicted octanol–water partition coefficient (Wildman–Crippen LogP) is 3.29. The van der Waals surface area contributed by atoms with Gasteiger partial charge in [0.1, 0.15) is 0 Å². The molecule has 1 aromatic carbocycles. The van der Waals surface area contributed by atoms with Gasteiger partial charge in [0.2, 0.25) is 5.91 Å². The fourth-order valence-electron chi connectivity index (χ4n) is 3.12. The van der Waals surface area contributed by atoms with Crippen molar-refractivity contribution in [2.75, 3.05) is 19.7 Å². The normalized spacial score (nSPS) is 16.2. The number of ether oxygens (including phenoxy) is 1. The van der Waals surface area contributed by atoms with Crippen LogP contribution in [0.15, 0.2) is 24.3 Å². The van der Waals surface area contributed by atoms with E-state index in [2.05, 4.69) is 41.8 Å². The van der Waals surface area contributed by atoms with Crippen LogP contribution in [0.3, 0.4) is 0 Å². The first kappa shape index (κ1) is 20.9. The smallest absolute Gasteiger partial charge is 0.220 e. The summed E-state index contributed by atoms with van der Waals surface area (Å²) >= 11 is 0. The van der Waals surface area contributed by atoms with E-state index in [0.717, 1.165) is 25.3 Å². The van der Waals surface area contributed by atoms with Crippen molar-refractivity contribution in [1.29, 1.82) is 0 Å². The van der Waals surface area contributed by atoms with Crippen LogP contribution in [0.25, 0.3) is 0 Å². The molecule has 1 saturated heterocycles. The van der Waals surface area contributed by atoms with Crippen LogP contribution in [0, 0.1) is 11.8 Å². The molecule has 0 radical (unpaired) electrons.